The number of hydrogen-bond donors (Lipinski definition) is 0. The number of nitro benzene ring substituents is 1. The average Bonchev–Trinajstić information content (AvgIpc) is 2.28. The highest BCUT2D eigenvalue weighted by Crippen LogP contribution is 2.18. The zero-order valence-electron chi connectivity index (χ0n) is 11.5. The molecule has 19 heavy (non-hydrogen) atoms. The normalized spacial score (nSPS) is 9.26. The van der Waals surface area contributed by atoms with E-state index < -0.39 is 0 Å². The van der Waals surface area contributed by atoms with Gasteiger partial charge in [0.2, 0.25) is 0 Å². The summed E-state index contributed by atoms with van der Waals surface area (Å²) in [5.41, 5.74) is 0.724. The maximum absolute atomic E-state index is 10.9. The monoisotopic (exact) mass is 378 g/mol. The smallest absolute Gasteiger partial charge is 0.274 e. The summed E-state index contributed by atoms with van der Waals surface area (Å²) in [5.74, 6) is 0.771. The van der Waals surface area contributed by atoms with E-state index in [-0.39, 0.29) is 34.6 Å². The first kappa shape index (κ1) is 17.6. The minimum atomic E-state index is -0.379. The Morgan fingerprint density at radius 1 is 1.21 bits per heavy atom. The Morgan fingerprint density at radius 2 is 1.74 bits per heavy atom. The SMILES string of the molecule is CN(C)C(=NCc1ccccc1[N+](=O)[O-])N(C)C.I. The molecule has 0 aromatic heterocycles. The van der Waals surface area contributed by atoms with Crippen molar-refractivity contribution in [2.75, 3.05) is 28.2 Å². The van der Waals surface area contributed by atoms with Crippen molar-refractivity contribution in [1.82, 2.24) is 9.80 Å². The zero-order chi connectivity index (χ0) is 13.7. The summed E-state index contributed by atoms with van der Waals surface area (Å²) in [6.07, 6.45) is 0. The number of aliphatic imine (C=N–C) groups is 1. The molecule has 0 aliphatic carbocycles. The van der Waals surface area contributed by atoms with Crippen LogP contribution >= 0.6 is 24.0 Å². The second kappa shape index (κ2) is 7.93. The lowest BCUT2D eigenvalue weighted by molar-refractivity contribution is -0.385. The van der Waals surface area contributed by atoms with Gasteiger partial charge in [-0.1, -0.05) is 18.2 Å². The van der Waals surface area contributed by atoms with Crippen molar-refractivity contribution in [2.45, 2.75) is 6.54 Å². The molecule has 0 radical (unpaired) electrons. The zero-order valence-corrected chi connectivity index (χ0v) is 13.9. The van der Waals surface area contributed by atoms with Crippen LogP contribution in [0.25, 0.3) is 0 Å². The first-order chi connectivity index (χ1) is 8.43. The second-order valence-electron chi connectivity index (χ2n) is 4.29. The van der Waals surface area contributed by atoms with Crippen LogP contribution in [-0.2, 0) is 6.54 Å². The summed E-state index contributed by atoms with van der Waals surface area (Å²) < 4.78 is 0. The van der Waals surface area contributed by atoms with Crippen LogP contribution in [0.2, 0.25) is 0 Å². The van der Waals surface area contributed by atoms with E-state index in [1.807, 2.05) is 38.0 Å². The van der Waals surface area contributed by atoms with Crippen LogP contribution in [-0.4, -0.2) is 48.9 Å². The van der Waals surface area contributed by atoms with Gasteiger partial charge in [0.05, 0.1) is 17.0 Å². The molecular weight excluding hydrogens is 359 g/mol. The molecule has 0 heterocycles. The maximum atomic E-state index is 10.9. The third kappa shape index (κ3) is 5.01. The van der Waals surface area contributed by atoms with Gasteiger partial charge in [0.1, 0.15) is 0 Å². The fourth-order valence-corrected chi connectivity index (χ4v) is 1.66. The highest BCUT2D eigenvalue weighted by atomic mass is 127. The van der Waals surface area contributed by atoms with Gasteiger partial charge in [-0.3, -0.25) is 10.1 Å². The molecule has 0 aliphatic rings. The number of para-hydroxylation sites is 1. The van der Waals surface area contributed by atoms with Crippen molar-refractivity contribution in [1.29, 1.82) is 0 Å². The summed E-state index contributed by atoms with van der Waals surface area (Å²) in [5, 5.41) is 10.9. The molecule has 1 aromatic rings. The number of benzene rings is 1. The summed E-state index contributed by atoms with van der Waals surface area (Å²) in [6, 6.07) is 6.66. The Kier molecular flexibility index (Phi) is 7.35. The standard InChI is InChI=1S/C12H18N4O2.HI/c1-14(2)12(15(3)4)13-9-10-7-5-6-8-11(10)16(17)18;/h5-8H,9H2,1-4H3;1H. The molecule has 0 spiro atoms. The van der Waals surface area contributed by atoms with E-state index in [1.54, 1.807) is 18.2 Å². The number of rotatable bonds is 3. The Labute approximate surface area is 130 Å². The lowest BCUT2D eigenvalue weighted by atomic mass is 10.2. The molecule has 0 saturated heterocycles. The van der Waals surface area contributed by atoms with Crippen LogP contribution in [0.4, 0.5) is 5.69 Å². The van der Waals surface area contributed by atoms with Crippen LogP contribution in [0.3, 0.4) is 0 Å². The van der Waals surface area contributed by atoms with Gasteiger partial charge in [-0.2, -0.15) is 0 Å². The number of halogens is 1. The van der Waals surface area contributed by atoms with Crippen molar-refractivity contribution in [2.24, 2.45) is 4.99 Å². The molecule has 0 N–H and O–H groups in total. The molecule has 106 valence electrons. The van der Waals surface area contributed by atoms with Crippen molar-refractivity contribution in [3.8, 4) is 0 Å². The molecule has 0 fully saturated rings. The van der Waals surface area contributed by atoms with Gasteiger partial charge in [-0.25, -0.2) is 4.99 Å². The highest BCUT2D eigenvalue weighted by Gasteiger charge is 2.12. The lowest BCUT2D eigenvalue weighted by Crippen LogP contribution is -2.35. The Morgan fingerprint density at radius 3 is 2.21 bits per heavy atom. The van der Waals surface area contributed by atoms with E-state index in [0.29, 0.717) is 12.1 Å². The van der Waals surface area contributed by atoms with Crippen LogP contribution in [0, 0.1) is 10.1 Å². The Bertz CT molecular complexity index is 451. The number of hydrogen-bond acceptors (Lipinski definition) is 3. The summed E-state index contributed by atoms with van der Waals surface area (Å²) >= 11 is 0. The maximum Gasteiger partial charge on any atom is 0.274 e. The van der Waals surface area contributed by atoms with Crippen molar-refractivity contribution < 1.29 is 4.92 Å². The van der Waals surface area contributed by atoms with E-state index in [4.69, 9.17) is 0 Å². The van der Waals surface area contributed by atoms with Crippen molar-refractivity contribution in [3.05, 3.63) is 39.9 Å². The fraction of sp³-hybridized carbons (Fsp3) is 0.417. The molecule has 6 nitrogen and oxygen atoms in total. The van der Waals surface area contributed by atoms with Crippen molar-refractivity contribution in [3.63, 3.8) is 0 Å². The van der Waals surface area contributed by atoms with E-state index in [2.05, 4.69) is 4.99 Å². The van der Waals surface area contributed by atoms with Crippen LogP contribution in [0.5, 0.6) is 0 Å². The van der Waals surface area contributed by atoms with E-state index in [9.17, 15) is 10.1 Å². The predicted molar refractivity (Wildman–Crippen MR) is 87.0 cm³/mol. The number of nitro groups is 1. The second-order valence-corrected chi connectivity index (χ2v) is 4.29. The minimum Gasteiger partial charge on any atom is -0.349 e. The third-order valence-corrected chi connectivity index (χ3v) is 2.38. The molecular formula is C12H19IN4O2. The molecule has 0 saturated carbocycles. The van der Waals surface area contributed by atoms with Gasteiger partial charge in [0.15, 0.2) is 5.96 Å². The molecule has 0 unspecified atom stereocenters. The third-order valence-electron chi connectivity index (χ3n) is 2.38. The van der Waals surface area contributed by atoms with Gasteiger partial charge in [-0.15, -0.1) is 24.0 Å². The molecule has 1 rings (SSSR count). The first-order valence-corrected chi connectivity index (χ1v) is 5.55. The van der Waals surface area contributed by atoms with Gasteiger partial charge in [0.25, 0.3) is 5.69 Å². The van der Waals surface area contributed by atoms with E-state index in [1.165, 1.54) is 6.07 Å². The van der Waals surface area contributed by atoms with Gasteiger partial charge in [0, 0.05) is 34.3 Å². The van der Waals surface area contributed by atoms with Gasteiger partial charge in [-0.05, 0) is 0 Å². The summed E-state index contributed by atoms with van der Waals surface area (Å²) in [7, 11) is 7.55. The average molecular weight is 378 g/mol. The molecule has 1 aromatic carbocycles. The molecule has 0 amide bonds. The summed E-state index contributed by atoms with van der Waals surface area (Å²) in [4.78, 5) is 18.6. The molecule has 0 atom stereocenters. The van der Waals surface area contributed by atoms with Crippen LogP contribution in [0.1, 0.15) is 5.56 Å². The Hall–Kier alpha value is -1.38. The number of nitrogens with zero attached hydrogens (tertiary/aromatic N) is 4. The lowest BCUT2D eigenvalue weighted by Gasteiger charge is -2.22. The molecule has 7 heteroatoms. The van der Waals surface area contributed by atoms with Crippen LogP contribution in [0.15, 0.2) is 29.3 Å². The fourth-order valence-electron chi connectivity index (χ4n) is 1.66. The molecule has 0 bridgehead atoms. The van der Waals surface area contributed by atoms with Crippen molar-refractivity contribution >= 4 is 35.6 Å². The van der Waals surface area contributed by atoms with Crippen LogP contribution < -0.4 is 0 Å². The van der Waals surface area contributed by atoms with E-state index in [0.717, 1.165) is 5.96 Å². The quantitative estimate of drug-likeness (QED) is 0.266. The number of guanidine groups is 1. The molecule has 0 aliphatic heterocycles. The minimum absolute atomic E-state index is 0. The van der Waals surface area contributed by atoms with Gasteiger partial charge < -0.3 is 9.80 Å². The topological polar surface area (TPSA) is 62.0 Å². The highest BCUT2D eigenvalue weighted by molar-refractivity contribution is 14.0. The largest absolute Gasteiger partial charge is 0.349 e. The first-order valence-electron chi connectivity index (χ1n) is 5.55. The van der Waals surface area contributed by atoms with Gasteiger partial charge >= 0.3 is 0 Å². The Balaban J connectivity index is 0.00000324. The summed E-state index contributed by atoms with van der Waals surface area (Å²) in [6.45, 7) is 0.294. The van der Waals surface area contributed by atoms with E-state index >= 15 is 0 Å². The predicted octanol–water partition coefficient (Wildman–Crippen LogP) is 2.19.